The van der Waals surface area contributed by atoms with Gasteiger partial charge in [-0.2, -0.15) is 0 Å². The Morgan fingerprint density at radius 1 is 1.19 bits per heavy atom. The summed E-state index contributed by atoms with van der Waals surface area (Å²) in [5.74, 6) is 0.751. The summed E-state index contributed by atoms with van der Waals surface area (Å²) < 4.78 is 11.3. The van der Waals surface area contributed by atoms with Crippen molar-refractivity contribution >= 4 is 45.7 Å². The number of anilines is 1. The van der Waals surface area contributed by atoms with Gasteiger partial charge in [-0.15, -0.1) is 0 Å². The molecule has 1 atom stereocenters. The Bertz CT molecular complexity index is 979. The first-order valence-electron chi connectivity index (χ1n) is 8.42. The van der Waals surface area contributed by atoms with Crippen molar-refractivity contribution in [3.63, 3.8) is 0 Å². The van der Waals surface area contributed by atoms with Gasteiger partial charge < -0.3 is 14.8 Å². The molecule has 1 amide bonds. The first kappa shape index (κ1) is 19.3. The second-order valence-corrected chi connectivity index (χ2v) is 6.61. The predicted molar refractivity (Wildman–Crippen MR) is 108 cm³/mol. The van der Waals surface area contributed by atoms with Crippen LogP contribution in [0.25, 0.3) is 10.9 Å². The lowest BCUT2D eigenvalue weighted by Gasteiger charge is -2.17. The number of nitrogens with one attached hydrogen (secondary N) is 1. The van der Waals surface area contributed by atoms with Gasteiger partial charge in [0, 0.05) is 16.6 Å². The summed E-state index contributed by atoms with van der Waals surface area (Å²) in [4.78, 5) is 17.0. The molecule has 0 aliphatic heterocycles. The molecule has 2 aromatic carbocycles. The van der Waals surface area contributed by atoms with Crippen molar-refractivity contribution in [3.8, 4) is 11.5 Å². The van der Waals surface area contributed by atoms with E-state index in [4.69, 9.17) is 32.7 Å². The van der Waals surface area contributed by atoms with Crippen LogP contribution in [0, 0.1) is 0 Å². The van der Waals surface area contributed by atoms with Crippen LogP contribution < -0.4 is 14.8 Å². The second kappa shape index (κ2) is 8.46. The quantitative estimate of drug-likeness (QED) is 0.601. The smallest absolute Gasteiger partial charge is 0.265 e. The number of ether oxygens (including phenoxy) is 2. The zero-order chi connectivity index (χ0) is 19.4. The number of hydrogen-bond acceptors (Lipinski definition) is 4. The lowest BCUT2D eigenvalue weighted by atomic mass is 10.1. The summed E-state index contributed by atoms with van der Waals surface area (Å²) in [7, 11) is 0. The van der Waals surface area contributed by atoms with Gasteiger partial charge in [-0.25, -0.2) is 0 Å². The normalized spacial score (nSPS) is 11.9. The minimum atomic E-state index is -0.762. The van der Waals surface area contributed by atoms with Crippen molar-refractivity contribution < 1.29 is 14.3 Å². The van der Waals surface area contributed by atoms with Crippen LogP contribution >= 0.6 is 23.2 Å². The van der Waals surface area contributed by atoms with Crippen molar-refractivity contribution in [1.82, 2.24) is 4.98 Å². The number of aromatic nitrogens is 1. The van der Waals surface area contributed by atoms with Gasteiger partial charge in [0.1, 0.15) is 17.0 Å². The third-order valence-corrected chi connectivity index (χ3v) is 4.39. The van der Waals surface area contributed by atoms with Crippen molar-refractivity contribution in [2.45, 2.75) is 20.0 Å². The average Bonchev–Trinajstić information content (AvgIpc) is 2.66. The summed E-state index contributed by atoms with van der Waals surface area (Å²) in [6.07, 6.45) is 0.923. The number of amides is 1. The average molecular weight is 405 g/mol. The van der Waals surface area contributed by atoms with Gasteiger partial charge in [-0.1, -0.05) is 23.2 Å². The van der Waals surface area contributed by atoms with E-state index in [2.05, 4.69) is 10.3 Å². The fraction of sp³-hybridized carbons (Fsp3) is 0.200. The molecule has 0 aliphatic rings. The number of rotatable bonds is 6. The van der Waals surface area contributed by atoms with Gasteiger partial charge in [-0.3, -0.25) is 9.78 Å². The first-order chi connectivity index (χ1) is 13.0. The van der Waals surface area contributed by atoms with Crippen LogP contribution in [0.5, 0.6) is 11.5 Å². The zero-order valence-electron chi connectivity index (χ0n) is 14.8. The zero-order valence-corrected chi connectivity index (χ0v) is 16.3. The minimum absolute atomic E-state index is 0.310. The van der Waals surface area contributed by atoms with Crippen LogP contribution in [0.1, 0.15) is 13.8 Å². The lowest BCUT2D eigenvalue weighted by molar-refractivity contribution is -0.122. The van der Waals surface area contributed by atoms with Gasteiger partial charge in [-0.05, 0) is 56.3 Å². The highest BCUT2D eigenvalue weighted by molar-refractivity contribution is 6.35. The number of carbonyl (C=O) groups excluding carboxylic acids is 1. The van der Waals surface area contributed by atoms with Gasteiger partial charge in [0.15, 0.2) is 6.10 Å². The SMILES string of the molecule is CCOc1ccc(NC(=O)[C@@H](C)Oc2ccc(Cl)cc2Cl)c2cccnc12. The van der Waals surface area contributed by atoms with Crippen molar-refractivity contribution in [3.05, 3.63) is 58.7 Å². The number of fused-ring (bicyclic) bond motifs is 1. The third-order valence-electron chi connectivity index (χ3n) is 3.86. The van der Waals surface area contributed by atoms with Crippen LogP contribution in [-0.2, 0) is 4.79 Å². The molecule has 0 unspecified atom stereocenters. The molecule has 1 heterocycles. The summed E-state index contributed by atoms with van der Waals surface area (Å²) in [6.45, 7) is 4.09. The van der Waals surface area contributed by atoms with Crippen molar-refractivity contribution in [2.24, 2.45) is 0 Å². The molecule has 0 aliphatic carbocycles. The Morgan fingerprint density at radius 3 is 2.70 bits per heavy atom. The van der Waals surface area contributed by atoms with Crippen molar-refractivity contribution in [1.29, 1.82) is 0 Å². The van der Waals surface area contributed by atoms with Crippen molar-refractivity contribution in [2.75, 3.05) is 11.9 Å². The molecule has 0 spiro atoms. The molecule has 7 heteroatoms. The van der Waals surface area contributed by atoms with E-state index in [9.17, 15) is 4.79 Å². The van der Waals surface area contributed by atoms with Gasteiger partial charge in [0.2, 0.25) is 0 Å². The maximum Gasteiger partial charge on any atom is 0.265 e. The number of halogens is 2. The molecule has 1 aromatic heterocycles. The minimum Gasteiger partial charge on any atom is -0.492 e. The number of pyridine rings is 1. The Balaban J connectivity index is 1.80. The summed E-state index contributed by atoms with van der Waals surface area (Å²) in [5, 5.41) is 4.51. The molecule has 5 nitrogen and oxygen atoms in total. The lowest BCUT2D eigenvalue weighted by Crippen LogP contribution is -2.30. The maximum atomic E-state index is 12.6. The third kappa shape index (κ3) is 4.43. The molecule has 140 valence electrons. The summed E-state index contributed by atoms with van der Waals surface area (Å²) >= 11 is 12.0. The number of hydrogen-bond donors (Lipinski definition) is 1. The van der Waals surface area contributed by atoms with Crippen LogP contribution in [0.2, 0.25) is 10.0 Å². The van der Waals surface area contributed by atoms with E-state index in [1.807, 2.05) is 13.0 Å². The number of carbonyl (C=O) groups is 1. The number of benzene rings is 2. The van der Waals surface area contributed by atoms with E-state index in [1.165, 1.54) is 0 Å². The van der Waals surface area contributed by atoms with E-state index in [-0.39, 0.29) is 5.91 Å². The van der Waals surface area contributed by atoms with E-state index >= 15 is 0 Å². The van der Waals surface area contributed by atoms with E-state index in [1.54, 1.807) is 49.5 Å². The molecule has 0 bridgehead atoms. The first-order valence-corrected chi connectivity index (χ1v) is 9.18. The molecule has 0 saturated heterocycles. The van der Waals surface area contributed by atoms with E-state index in [0.29, 0.717) is 39.4 Å². The topological polar surface area (TPSA) is 60.5 Å². The Hall–Kier alpha value is -2.50. The second-order valence-electron chi connectivity index (χ2n) is 5.77. The molecule has 27 heavy (non-hydrogen) atoms. The monoisotopic (exact) mass is 404 g/mol. The number of nitrogens with zero attached hydrogens (tertiary/aromatic N) is 1. The van der Waals surface area contributed by atoms with Gasteiger partial charge >= 0.3 is 0 Å². The van der Waals surface area contributed by atoms with Gasteiger partial charge in [0.25, 0.3) is 5.91 Å². The molecule has 3 rings (SSSR count). The highest BCUT2D eigenvalue weighted by Gasteiger charge is 2.18. The molecule has 0 fully saturated rings. The Labute approximate surface area is 167 Å². The standard InChI is InChI=1S/C20H18Cl2N2O3/c1-3-26-18-9-7-16(14-5-4-10-23-19(14)18)24-20(25)12(2)27-17-8-6-13(21)11-15(17)22/h4-12H,3H2,1-2H3,(H,24,25)/t12-/m1/s1. The van der Waals surface area contributed by atoms with Crippen LogP contribution in [0.3, 0.4) is 0 Å². The maximum absolute atomic E-state index is 12.6. The fourth-order valence-electron chi connectivity index (χ4n) is 2.58. The fourth-order valence-corrected chi connectivity index (χ4v) is 3.03. The largest absolute Gasteiger partial charge is 0.492 e. The Morgan fingerprint density at radius 2 is 1.96 bits per heavy atom. The molecule has 0 saturated carbocycles. The van der Waals surface area contributed by atoms with Gasteiger partial charge in [0.05, 0.1) is 17.3 Å². The molecular formula is C20H18Cl2N2O3. The highest BCUT2D eigenvalue weighted by Crippen LogP contribution is 2.31. The Kier molecular flexibility index (Phi) is 6.04. The van der Waals surface area contributed by atoms with Crippen LogP contribution in [-0.4, -0.2) is 23.6 Å². The molecule has 3 aromatic rings. The molecule has 0 radical (unpaired) electrons. The van der Waals surface area contributed by atoms with E-state index in [0.717, 1.165) is 5.39 Å². The summed E-state index contributed by atoms with van der Waals surface area (Å²) in [6, 6.07) is 12.1. The summed E-state index contributed by atoms with van der Waals surface area (Å²) in [5.41, 5.74) is 1.32. The van der Waals surface area contributed by atoms with Crippen LogP contribution in [0.4, 0.5) is 5.69 Å². The molecule has 1 N–H and O–H groups in total. The van der Waals surface area contributed by atoms with Crippen LogP contribution in [0.15, 0.2) is 48.7 Å². The van der Waals surface area contributed by atoms with E-state index < -0.39 is 6.10 Å². The highest BCUT2D eigenvalue weighted by atomic mass is 35.5. The molecular weight excluding hydrogens is 387 g/mol. The predicted octanol–water partition coefficient (Wildman–Crippen LogP) is 5.35.